The zero-order valence-corrected chi connectivity index (χ0v) is 16.6. The minimum Gasteiger partial charge on any atom is -0.321 e. The minimum absolute atomic E-state index is 0.0177. The smallest absolute Gasteiger partial charge is 0.262 e. The average Bonchev–Trinajstić information content (AvgIpc) is 2.94. The van der Waals surface area contributed by atoms with Gasteiger partial charge in [-0.25, -0.2) is 0 Å². The largest absolute Gasteiger partial charge is 0.321 e. The molecule has 0 fully saturated rings. The molecule has 4 heteroatoms. The van der Waals surface area contributed by atoms with Crippen LogP contribution in [0.25, 0.3) is 6.08 Å². The van der Waals surface area contributed by atoms with Crippen LogP contribution in [0.1, 0.15) is 45.4 Å². The first-order valence-electron chi connectivity index (χ1n) is 8.88. The van der Waals surface area contributed by atoms with E-state index in [9.17, 15) is 4.79 Å². The molecule has 1 aromatic carbocycles. The van der Waals surface area contributed by atoms with Crippen LogP contribution < -0.4 is 5.32 Å². The van der Waals surface area contributed by atoms with Gasteiger partial charge >= 0.3 is 0 Å². The van der Waals surface area contributed by atoms with Crippen molar-refractivity contribution in [1.29, 1.82) is 0 Å². The summed E-state index contributed by atoms with van der Waals surface area (Å²) in [6.07, 6.45) is 5.82. The third-order valence-electron chi connectivity index (χ3n) is 5.15. The number of carbonyl (C=O) groups is 1. The zero-order chi connectivity index (χ0) is 17.6. The molecule has 1 N–H and O–H groups in total. The summed E-state index contributed by atoms with van der Waals surface area (Å²) >= 11 is 3.58. The van der Waals surface area contributed by atoms with E-state index in [1.54, 1.807) is 22.2 Å². The van der Waals surface area contributed by atoms with Gasteiger partial charge in [0, 0.05) is 21.2 Å². The highest BCUT2D eigenvalue weighted by Gasteiger charge is 2.27. The van der Waals surface area contributed by atoms with Crippen LogP contribution in [-0.4, -0.2) is 5.91 Å². The van der Waals surface area contributed by atoms with Gasteiger partial charge in [-0.3, -0.25) is 4.79 Å². The molecular formula is C21H23NOS2. The summed E-state index contributed by atoms with van der Waals surface area (Å²) in [5.41, 5.74) is 6.24. The number of thiophene rings is 1. The maximum Gasteiger partial charge on any atom is 0.262 e. The first-order chi connectivity index (χ1) is 12.0. The van der Waals surface area contributed by atoms with Crippen molar-refractivity contribution in [3.8, 4) is 0 Å². The summed E-state index contributed by atoms with van der Waals surface area (Å²) in [7, 11) is 0. The molecule has 2 heterocycles. The SMILES string of the molecule is Cc1ccc(C)c(NC(=O)C2=Cc3sc4c(c3CS2)CC[C@@H](C)C4)c1. The van der Waals surface area contributed by atoms with Crippen molar-refractivity contribution < 1.29 is 4.79 Å². The number of fused-ring (bicyclic) bond motifs is 3. The van der Waals surface area contributed by atoms with Crippen LogP contribution in [0.5, 0.6) is 0 Å². The van der Waals surface area contributed by atoms with Crippen LogP contribution in [0.15, 0.2) is 23.1 Å². The van der Waals surface area contributed by atoms with Crippen LogP contribution in [0.2, 0.25) is 0 Å². The van der Waals surface area contributed by atoms with Crippen molar-refractivity contribution in [3.63, 3.8) is 0 Å². The molecule has 130 valence electrons. The molecular weight excluding hydrogens is 346 g/mol. The minimum atomic E-state index is 0.0177. The van der Waals surface area contributed by atoms with Gasteiger partial charge in [0.25, 0.3) is 5.91 Å². The average molecular weight is 370 g/mol. The number of anilines is 1. The van der Waals surface area contributed by atoms with Crippen molar-refractivity contribution in [2.24, 2.45) is 5.92 Å². The third-order valence-corrected chi connectivity index (χ3v) is 7.44. The number of aryl methyl sites for hydroxylation is 2. The standard InChI is InChI=1S/C21H23NOS2/c1-12-4-6-14(3)17(8-12)22-21(23)20-10-19-16(11-24-20)15-7-5-13(2)9-18(15)25-19/h4,6,8,10,13H,5,7,9,11H2,1-3H3,(H,22,23)/t13-/m1/s1. The number of benzene rings is 1. The van der Waals surface area contributed by atoms with Crippen LogP contribution >= 0.6 is 23.1 Å². The van der Waals surface area contributed by atoms with E-state index in [1.165, 1.54) is 29.7 Å². The second-order valence-corrected chi connectivity index (χ2v) is 9.42. The van der Waals surface area contributed by atoms with Gasteiger partial charge in [-0.2, -0.15) is 0 Å². The van der Waals surface area contributed by atoms with Gasteiger partial charge in [0.05, 0.1) is 4.91 Å². The number of amides is 1. The molecule has 0 saturated heterocycles. The fourth-order valence-corrected chi connectivity index (χ4v) is 6.26. The molecule has 2 nitrogen and oxygen atoms in total. The quantitative estimate of drug-likeness (QED) is 0.734. The number of thioether (sulfide) groups is 1. The number of carbonyl (C=O) groups excluding carboxylic acids is 1. The van der Waals surface area contributed by atoms with Crippen molar-refractivity contribution in [2.75, 3.05) is 5.32 Å². The van der Waals surface area contributed by atoms with E-state index < -0.39 is 0 Å². The van der Waals surface area contributed by atoms with E-state index in [0.29, 0.717) is 0 Å². The molecule has 1 atom stereocenters. The third kappa shape index (κ3) is 3.30. The van der Waals surface area contributed by atoms with Crippen molar-refractivity contribution in [3.05, 3.63) is 55.1 Å². The zero-order valence-electron chi connectivity index (χ0n) is 14.9. The topological polar surface area (TPSA) is 29.1 Å². The molecule has 4 rings (SSSR count). The predicted molar refractivity (Wildman–Crippen MR) is 109 cm³/mol. The van der Waals surface area contributed by atoms with Crippen molar-refractivity contribution >= 4 is 40.8 Å². The highest BCUT2D eigenvalue weighted by atomic mass is 32.2. The Bertz CT molecular complexity index is 878. The van der Waals surface area contributed by atoms with E-state index >= 15 is 0 Å². The monoisotopic (exact) mass is 369 g/mol. The summed E-state index contributed by atoms with van der Waals surface area (Å²) < 4.78 is 0. The second kappa shape index (κ2) is 6.65. The molecule has 0 saturated carbocycles. The second-order valence-electron chi connectivity index (χ2n) is 7.26. The Hall–Kier alpha value is -1.52. The summed E-state index contributed by atoms with van der Waals surface area (Å²) in [6, 6.07) is 6.17. The molecule has 2 aliphatic rings. The van der Waals surface area contributed by atoms with Gasteiger partial charge in [-0.05, 0) is 73.4 Å². The number of nitrogens with one attached hydrogen (secondary N) is 1. The van der Waals surface area contributed by atoms with Gasteiger partial charge in [0.2, 0.25) is 0 Å². The number of rotatable bonds is 2. The van der Waals surface area contributed by atoms with Gasteiger partial charge in [-0.15, -0.1) is 23.1 Å². The van der Waals surface area contributed by atoms with Crippen molar-refractivity contribution in [1.82, 2.24) is 0 Å². The lowest BCUT2D eigenvalue weighted by molar-refractivity contribution is -0.112. The Morgan fingerprint density at radius 1 is 1.24 bits per heavy atom. The summed E-state index contributed by atoms with van der Waals surface area (Å²) in [5, 5.41) is 3.10. The summed E-state index contributed by atoms with van der Waals surface area (Å²) in [6.45, 7) is 6.42. The van der Waals surface area contributed by atoms with Crippen LogP contribution in [0, 0.1) is 19.8 Å². The Morgan fingerprint density at radius 3 is 2.92 bits per heavy atom. The number of hydrogen-bond acceptors (Lipinski definition) is 3. The van der Waals surface area contributed by atoms with E-state index in [0.717, 1.165) is 33.4 Å². The Labute approximate surface area is 157 Å². The Morgan fingerprint density at radius 2 is 2.08 bits per heavy atom. The maximum absolute atomic E-state index is 12.7. The number of hydrogen-bond donors (Lipinski definition) is 1. The molecule has 1 aromatic heterocycles. The highest BCUT2D eigenvalue weighted by Crippen LogP contribution is 2.43. The first kappa shape index (κ1) is 16.9. The van der Waals surface area contributed by atoms with E-state index in [1.807, 2.05) is 31.3 Å². The predicted octanol–water partition coefficient (Wildman–Crippen LogP) is 5.72. The Kier molecular flexibility index (Phi) is 4.50. The van der Waals surface area contributed by atoms with Crippen LogP contribution in [-0.2, 0) is 23.4 Å². The van der Waals surface area contributed by atoms with Crippen LogP contribution in [0.4, 0.5) is 5.69 Å². The molecule has 1 aliphatic carbocycles. The van der Waals surface area contributed by atoms with Crippen LogP contribution in [0.3, 0.4) is 0 Å². The molecule has 2 aromatic rings. The van der Waals surface area contributed by atoms with Gasteiger partial charge in [0.15, 0.2) is 0 Å². The van der Waals surface area contributed by atoms with Gasteiger partial charge in [-0.1, -0.05) is 19.1 Å². The first-order valence-corrected chi connectivity index (χ1v) is 10.7. The fourth-order valence-electron chi connectivity index (χ4n) is 3.61. The fraction of sp³-hybridized carbons (Fsp3) is 0.381. The molecule has 0 bridgehead atoms. The van der Waals surface area contributed by atoms with E-state index in [4.69, 9.17) is 0 Å². The van der Waals surface area contributed by atoms with Crippen molar-refractivity contribution in [2.45, 2.75) is 45.8 Å². The summed E-state index contributed by atoms with van der Waals surface area (Å²) in [5.74, 6) is 1.74. The lowest BCUT2D eigenvalue weighted by Crippen LogP contribution is -2.15. The Balaban J connectivity index is 1.59. The van der Waals surface area contributed by atoms with E-state index in [-0.39, 0.29) is 5.91 Å². The maximum atomic E-state index is 12.7. The lowest BCUT2D eigenvalue weighted by Gasteiger charge is -2.20. The molecule has 1 aliphatic heterocycles. The lowest BCUT2D eigenvalue weighted by atomic mass is 9.88. The molecule has 0 unspecified atom stereocenters. The molecule has 25 heavy (non-hydrogen) atoms. The van der Waals surface area contributed by atoms with Gasteiger partial charge < -0.3 is 5.32 Å². The normalized spacial score (nSPS) is 19.0. The van der Waals surface area contributed by atoms with Gasteiger partial charge in [0.1, 0.15) is 0 Å². The molecule has 0 radical (unpaired) electrons. The van der Waals surface area contributed by atoms with E-state index in [2.05, 4.69) is 30.4 Å². The summed E-state index contributed by atoms with van der Waals surface area (Å²) in [4.78, 5) is 16.4. The highest BCUT2D eigenvalue weighted by molar-refractivity contribution is 8.03. The molecule has 0 spiro atoms. The molecule has 1 amide bonds.